The van der Waals surface area contributed by atoms with Crippen molar-refractivity contribution in [2.24, 2.45) is 0 Å². The molecule has 0 unspecified atom stereocenters. The summed E-state index contributed by atoms with van der Waals surface area (Å²) in [5.41, 5.74) is 2.03. The Morgan fingerprint density at radius 3 is 2.05 bits per heavy atom. The lowest BCUT2D eigenvalue weighted by Crippen LogP contribution is -1.93. The third-order valence-electron chi connectivity index (χ3n) is 3.16. The zero-order valence-electron chi connectivity index (χ0n) is 10.9. The number of hydrogen-bond donors (Lipinski definition) is 0. The molecule has 4 heteroatoms. The van der Waals surface area contributed by atoms with Crippen molar-refractivity contribution in [2.75, 3.05) is 0 Å². The van der Waals surface area contributed by atoms with Crippen LogP contribution in [0.4, 0.5) is 13.2 Å². The Labute approximate surface area is 119 Å². The lowest BCUT2D eigenvalue weighted by Gasteiger charge is -2.06. The van der Waals surface area contributed by atoms with Gasteiger partial charge in [-0.2, -0.15) is 0 Å². The Morgan fingerprint density at radius 2 is 1.38 bits per heavy atom. The van der Waals surface area contributed by atoms with Crippen molar-refractivity contribution in [1.29, 1.82) is 0 Å². The van der Waals surface area contributed by atoms with Crippen LogP contribution in [0.15, 0.2) is 60.8 Å². The average Bonchev–Trinajstić information content (AvgIpc) is 2.52. The fraction of sp³-hybridized carbons (Fsp3) is 0. The van der Waals surface area contributed by atoms with E-state index in [4.69, 9.17) is 0 Å². The average molecular weight is 285 g/mol. The first-order valence-electron chi connectivity index (χ1n) is 6.31. The number of aromatic nitrogens is 1. The van der Waals surface area contributed by atoms with Gasteiger partial charge in [-0.15, -0.1) is 0 Å². The molecular weight excluding hydrogens is 275 g/mol. The molecule has 0 N–H and O–H groups in total. The molecule has 0 bridgehead atoms. The molecule has 0 atom stereocenters. The molecule has 1 heterocycles. The second kappa shape index (κ2) is 5.40. The maximum Gasteiger partial charge on any atom is 0.161 e. The summed E-state index contributed by atoms with van der Waals surface area (Å²) in [6.07, 6.45) is 1.57. The third-order valence-corrected chi connectivity index (χ3v) is 3.16. The van der Waals surface area contributed by atoms with Crippen molar-refractivity contribution in [3.63, 3.8) is 0 Å². The van der Waals surface area contributed by atoms with Gasteiger partial charge in [0.25, 0.3) is 0 Å². The molecule has 3 rings (SSSR count). The van der Waals surface area contributed by atoms with E-state index >= 15 is 0 Å². The summed E-state index contributed by atoms with van der Waals surface area (Å²) >= 11 is 0. The van der Waals surface area contributed by atoms with Crippen LogP contribution >= 0.6 is 0 Å². The molecule has 0 aliphatic heterocycles. The highest BCUT2D eigenvalue weighted by Gasteiger charge is 2.12. The third kappa shape index (κ3) is 2.65. The summed E-state index contributed by atoms with van der Waals surface area (Å²) in [5.74, 6) is -3.15. The predicted molar refractivity (Wildman–Crippen MR) is 75.0 cm³/mol. The van der Waals surface area contributed by atoms with Crippen molar-refractivity contribution in [2.45, 2.75) is 0 Å². The zero-order valence-corrected chi connectivity index (χ0v) is 10.9. The predicted octanol–water partition coefficient (Wildman–Crippen LogP) is 4.83. The molecule has 0 saturated carbocycles. The highest BCUT2D eigenvalue weighted by molar-refractivity contribution is 5.67. The molecule has 1 aromatic heterocycles. The quantitative estimate of drug-likeness (QED) is 0.614. The second-order valence-electron chi connectivity index (χ2n) is 4.54. The van der Waals surface area contributed by atoms with Gasteiger partial charge in [-0.25, -0.2) is 13.2 Å². The maximum absolute atomic E-state index is 13.7. The van der Waals surface area contributed by atoms with Crippen molar-refractivity contribution < 1.29 is 13.2 Å². The smallest absolute Gasteiger partial charge is 0.161 e. The van der Waals surface area contributed by atoms with E-state index in [1.165, 1.54) is 0 Å². The SMILES string of the molecule is Fc1cc(F)c(-c2ccc(-c3ccccc3)cn2)cc1F. The maximum atomic E-state index is 13.7. The lowest BCUT2D eigenvalue weighted by molar-refractivity contribution is 0.496. The van der Waals surface area contributed by atoms with E-state index in [2.05, 4.69) is 4.98 Å². The van der Waals surface area contributed by atoms with Gasteiger partial charge in [0.1, 0.15) is 5.82 Å². The van der Waals surface area contributed by atoms with Gasteiger partial charge in [0, 0.05) is 23.4 Å². The number of halogens is 3. The van der Waals surface area contributed by atoms with Gasteiger partial charge >= 0.3 is 0 Å². The minimum Gasteiger partial charge on any atom is -0.256 e. The minimum absolute atomic E-state index is 0.0616. The number of pyridine rings is 1. The zero-order chi connectivity index (χ0) is 14.8. The lowest BCUT2D eigenvalue weighted by atomic mass is 10.1. The Kier molecular flexibility index (Phi) is 3.44. The van der Waals surface area contributed by atoms with Crippen LogP contribution in [-0.2, 0) is 0 Å². The van der Waals surface area contributed by atoms with Gasteiger partial charge in [0.05, 0.1) is 5.69 Å². The van der Waals surface area contributed by atoms with Crippen LogP contribution in [0.2, 0.25) is 0 Å². The first-order valence-corrected chi connectivity index (χ1v) is 6.31. The Balaban J connectivity index is 2.00. The van der Waals surface area contributed by atoms with Crippen molar-refractivity contribution >= 4 is 0 Å². The van der Waals surface area contributed by atoms with Crippen molar-refractivity contribution in [1.82, 2.24) is 4.98 Å². The molecule has 0 spiro atoms. The molecule has 21 heavy (non-hydrogen) atoms. The molecule has 0 aliphatic carbocycles. The van der Waals surface area contributed by atoms with E-state index in [-0.39, 0.29) is 11.3 Å². The molecular formula is C17H10F3N. The van der Waals surface area contributed by atoms with Crippen LogP contribution in [0.1, 0.15) is 0 Å². The summed E-state index contributed by atoms with van der Waals surface area (Å²) in [6, 6.07) is 14.2. The summed E-state index contributed by atoms with van der Waals surface area (Å²) in [6.45, 7) is 0. The van der Waals surface area contributed by atoms with E-state index in [0.717, 1.165) is 17.2 Å². The van der Waals surface area contributed by atoms with E-state index in [0.29, 0.717) is 6.07 Å². The molecule has 0 aliphatic rings. The minimum atomic E-state index is -1.21. The van der Waals surface area contributed by atoms with E-state index in [1.807, 2.05) is 30.3 Å². The fourth-order valence-electron chi connectivity index (χ4n) is 2.07. The van der Waals surface area contributed by atoms with Crippen LogP contribution in [0, 0.1) is 17.5 Å². The van der Waals surface area contributed by atoms with Gasteiger partial charge in [0.15, 0.2) is 11.6 Å². The van der Waals surface area contributed by atoms with Crippen LogP contribution in [0.5, 0.6) is 0 Å². The standard InChI is InChI=1S/C17H10F3N/c18-14-9-16(20)15(19)8-13(14)17-7-6-12(10-21-17)11-4-2-1-3-5-11/h1-10H. The number of benzene rings is 2. The number of nitrogens with zero attached hydrogens (tertiary/aromatic N) is 1. The first kappa shape index (κ1) is 13.4. The number of rotatable bonds is 2. The molecule has 104 valence electrons. The van der Waals surface area contributed by atoms with E-state index in [9.17, 15) is 13.2 Å². The monoisotopic (exact) mass is 285 g/mol. The Morgan fingerprint density at radius 1 is 0.667 bits per heavy atom. The normalized spacial score (nSPS) is 10.6. The summed E-state index contributed by atoms with van der Waals surface area (Å²) in [7, 11) is 0. The van der Waals surface area contributed by atoms with Crippen LogP contribution < -0.4 is 0 Å². The van der Waals surface area contributed by atoms with Crippen molar-refractivity contribution in [3.8, 4) is 22.4 Å². The summed E-state index contributed by atoms with van der Waals surface area (Å²) < 4.78 is 39.8. The van der Waals surface area contributed by atoms with Gasteiger partial charge < -0.3 is 0 Å². The van der Waals surface area contributed by atoms with Crippen LogP contribution in [0.25, 0.3) is 22.4 Å². The Hall–Kier alpha value is -2.62. The molecule has 2 aromatic carbocycles. The summed E-state index contributed by atoms with van der Waals surface area (Å²) in [5, 5.41) is 0. The van der Waals surface area contributed by atoms with Gasteiger partial charge in [-0.1, -0.05) is 36.4 Å². The summed E-state index contributed by atoms with van der Waals surface area (Å²) in [4.78, 5) is 4.13. The molecule has 0 fully saturated rings. The van der Waals surface area contributed by atoms with E-state index < -0.39 is 17.5 Å². The molecule has 0 amide bonds. The van der Waals surface area contributed by atoms with Crippen LogP contribution in [0.3, 0.4) is 0 Å². The fourth-order valence-corrected chi connectivity index (χ4v) is 2.07. The highest BCUT2D eigenvalue weighted by atomic mass is 19.2. The molecule has 3 aromatic rings. The largest absolute Gasteiger partial charge is 0.256 e. The Bertz CT molecular complexity index is 768. The molecule has 0 saturated heterocycles. The number of hydrogen-bond acceptors (Lipinski definition) is 1. The topological polar surface area (TPSA) is 12.9 Å². The highest BCUT2D eigenvalue weighted by Crippen LogP contribution is 2.26. The van der Waals surface area contributed by atoms with Gasteiger partial charge in [-0.05, 0) is 17.7 Å². The van der Waals surface area contributed by atoms with Crippen LogP contribution in [-0.4, -0.2) is 4.98 Å². The second-order valence-corrected chi connectivity index (χ2v) is 4.54. The van der Waals surface area contributed by atoms with E-state index in [1.54, 1.807) is 18.3 Å². The first-order chi connectivity index (χ1) is 10.1. The molecule has 1 nitrogen and oxygen atoms in total. The van der Waals surface area contributed by atoms with Gasteiger partial charge in [-0.3, -0.25) is 4.98 Å². The molecule has 0 radical (unpaired) electrons. The van der Waals surface area contributed by atoms with Gasteiger partial charge in [0.2, 0.25) is 0 Å². The van der Waals surface area contributed by atoms with Crippen molar-refractivity contribution in [3.05, 3.63) is 78.2 Å².